The number of rotatable bonds is 6. The summed E-state index contributed by atoms with van der Waals surface area (Å²) in [6, 6.07) is 2.83. The maximum absolute atomic E-state index is 11.3. The van der Waals surface area contributed by atoms with E-state index >= 15 is 0 Å². The van der Waals surface area contributed by atoms with Crippen molar-refractivity contribution >= 4 is 17.5 Å². The lowest BCUT2D eigenvalue weighted by Crippen LogP contribution is -2.43. The van der Waals surface area contributed by atoms with Gasteiger partial charge in [-0.3, -0.25) is 10.1 Å². The number of hydrogen-bond donors (Lipinski definition) is 2. The van der Waals surface area contributed by atoms with Crippen LogP contribution in [0.2, 0.25) is 0 Å². The Hall–Kier alpha value is -2.18. The van der Waals surface area contributed by atoms with Crippen molar-refractivity contribution in [2.45, 2.75) is 39.2 Å². The fraction of sp³-hybridized carbons (Fsp3) is 0.500. The van der Waals surface area contributed by atoms with Crippen molar-refractivity contribution in [1.82, 2.24) is 4.98 Å². The van der Waals surface area contributed by atoms with E-state index in [2.05, 4.69) is 10.3 Å². The Morgan fingerprint density at radius 3 is 2.68 bits per heavy atom. The highest BCUT2D eigenvalue weighted by Crippen LogP contribution is 2.27. The number of aryl methyl sites for hydroxylation is 1. The molecule has 0 aromatic carbocycles. The molecule has 1 aromatic heterocycles. The van der Waals surface area contributed by atoms with Gasteiger partial charge >= 0.3 is 11.7 Å². The van der Waals surface area contributed by atoms with E-state index in [9.17, 15) is 20.0 Å². The van der Waals surface area contributed by atoms with Gasteiger partial charge in [0.15, 0.2) is 0 Å². The van der Waals surface area contributed by atoms with Crippen LogP contribution in [0.4, 0.5) is 11.5 Å². The van der Waals surface area contributed by atoms with Gasteiger partial charge in [0, 0.05) is 11.8 Å². The molecule has 7 nitrogen and oxygen atoms in total. The van der Waals surface area contributed by atoms with Crippen molar-refractivity contribution < 1.29 is 14.8 Å². The molecule has 1 rings (SSSR count). The number of carbonyl (C=O) groups is 1. The molecule has 0 radical (unpaired) electrons. The van der Waals surface area contributed by atoms with Crippen LogP contribution in [0, 0.1) is 17.0 Å². The highest BCUT2D eigenvalue weighted by atomic mass is 16.6. The van der Waals surface area contributed by atoms with Gasteiger partial charge in [0.2, 0.25) is 5.82 Å². The Balaban J connectivity index is 3.19. The molecule has 0 spiro atoms. The molecule has 0 fully saturated rings. The maximum Gasteiger partial charge on any atom is 0.329 e. The van der Waals surface area contributed by atoms with Gasteiger partial charge in [-0.1, -0.05) is 13.3 Å². The zero-order chi connectivity index (χ0) is 14.6. The number of nitrogens with one attached hydrogen (secondary N) is 1. The van der Waals surface area contributed by atoms with Crippen LogP contribution in [0.15, 0.2) is 12.1 Å². The summed E-state index contributed by atoms with van der Waals surface area (Å²) in [5.74, 6) is -1.07. The first-order chi connectivity index (χ1) is 8.80. The Morgan fingerprint density at radius 2 is 2.21 bits per heavy atom. The van der Waals surface area contributed by atoms with Crippen molar-refractivity contribution in [3.63, 3.8) is 0 Å². The molecule has 0 aliphatic rings. The number of anilines is 1. The van der Waals surface area contributed by atoms with Crippen molar-refractivity contribution in [2.24, 2.45) is 0 Å². The first-order valence-corrected chi connectivity index (χ1v) is 5.94. The molecule has 0 bridgehead atoms. The third-order valence-electron chi connectivity index (χ3n) is 2.83. The molecule has 1 heterocycles. The van der Waals surface area contributed by atoms with Crippen LogP contribution in [0.3, 0.4) is 0 Å². The van der Waals surface area contributed by atoms with Gasteiger partial charge in [-0.05, 0) is 26.3 Å². The largest absolute Gasteiger partial charge is 0.480 e. The summed E-state index contributed by atoms with van der Waals surface area (Å²) in [5, 5.41) is 22.9. The van der Waals surface area contributed by atoms with Crippen LogP contribution in [0.1, 0.15) is 32.4 Å². The summed E-state index contributed by atoms with van der Waals surface area (Å²) >= 11 is 0. The zero-order valence-electron chi connectivity index (χ0n) is 11.1. The smallest absolute Gasteiger partial charge is 0.329 e. The van der Waals surface area contributed by atoms with Crippen LogP contribution in [0.5, 0.6) is 0 Å². The van der Waals surface area contributed by atoms with Crippen molar-refractivity contribution in [2.75, 3.05) is 5.32 Å². The molecular formula is C12H17N3O4. The number of aromatic nitrogens is 1. The molecule has 0 saturated carbocycles. The second-order valence-corrected chi connectivity index (χ2v) is 4.59. The molecule has 1 atom stereocenters. The minimum absolute atomic E-state index is 0.0108. The molecular weight excluding hydrogens is 250 g/mol. The van der Waals surface area contributed by atoms with E-state index in [4.69, 9.17) is 0 Å². The van der Waals surface area contributed by atoms with E-state index in [-0.39, 0.29) is 11.5 Å². The van der Waals surface area contributed by atoms with Gasteiger partial charge in [-0.2, -0.15) is 0 Å². The zero-order valence-corrected chi connectivity index (χ0v) is 11.1. The highest BCUT2D eigenvalue weighted by Gasteiger charge is 2.34. The first-order valence-electron chi connectivity index (χ1n) is 5.94. The first kappa shape index (κ1) is 14.9. The summed E-state index contributed by atoms with van der Waals surface area (Å²) in [7, 11) is 0. The lowest BCUT2D eigenvalue weighted by molar-refractivity contribution is -0.384. The summed E-state index contributed by atoms with van der Waals surface area (Å²) in [6.07, 6.45) is 0.977. The van der Waals surface area contributed by atoms with E-state index < -0.39 is 16.4 Å². The molecule has 0 saturated heterocycles. The highest BCUT2D eigenvalue weighted by molar-refractivity contribution is 5.82. The van der Waals surface area contributed by atoms with E-state index in [1.54, 1.807) is 6.92 Å². The Morgan fingerprint density at radius 1 is 1.58 bits per heavy atom. The molecule has 1 unspecified atom stereocenters. The quantitative estimate of drug-likeness (QED) is 0.605. The Labute approximate surface area is 110 Å². The third kappa shape index (κ3) is 3.40. The summed E-state index contributed by atoms with van der Waals surface area (Å²) < 4.78 is 0. The number of pyridine rings is 1. The monoisotopic (exact) mass is 267 g/mol. The minimum atomic E-state index is -1.28. The van der Waals surface area contributed by atoms with Gasteiger partial charge in [-0.25, -0.2) is 9.78 Å². The standard InChI is InChI=1S/C12H17N3O4/c1-4-7-12(3,11(16)17)14-10-9(15(18)19)6-5-8(2)13-10/h5-6H,4,7H2,1-3H3,(H,13,14)(H,16,17). The number of nitrogens with zero attached hydrogens (tertiary/aromatic N) is 2. The number of nitro groups is 1. The molecule has 104 valence electrons. The SMILES string of the molecule is CCCC(C)(Nc1nc(C)ccc1[N+](=O)[O-])C(=O)O. The van der Waals surface area contributed by atoms with Gasteiger partial charge in [0.1, 0.15) is 5.54 Å². The predicted octanol–water partition coefficient (Wildman–Crippen LogP) is 2.35. The average Bonchev–Trinajstić information content (AvgIpc) is 2.28. The van der Waals surface area contributed by atoms with Crippen molar-refractivity contribution in [1.29, 1.82) is 0 Å². The van der Waals surface area contributed by atoms with Gasteiger partial charge in [-0.15, -0.1) is 0 Å². The van der Waals surface area contributed by atoms with Crippen LogP contribution in [0.25, 0.3) is 0 Å². The molecule has 19 heavy (non-hydrogen) atoms. The third-order valence-corrected chi connectivity index (χ3v) is 2.83. The molecule has 1 aromatic rings. The molecule has 7 heteroatoms. The molecule has 2 N–H and O–H groups in total. The fourth-order valence-corrected chi connectivity index (χ4v) is 1.77. The van der Waals surface area contributed by atoms with E-state index in [1.807, 2.05) is 6.92 Å². The lowest BCUT2D eigenvalue weighted by atomic mass is 9.96. The van der Waals surface area contributed by atoms with E-state index in [0.29, 0.717) is 18.5 Å². The van der Waals surface area contributed by atoms with Gasteiger partial charge in [0.25, 0.3) is 0 Å². The maximum atomic E-state index is 11.3. The summed E-state index contributed by atoms with van der Waals surface area (Å²) in [6.45, 7) is 5.03. The predicted molar refractivity (Wildman–Crippen MR) is 70.2 cm³/mol. The van der Waals surface area contributed by atoms with Crippen molar-refractivity contribution in [3.8, 4) is 0 Å². The summed E-state index contributed by atoms with van der Waals surface area (Å²) in [4.78, 5) is 25.7. The number of aliphatic carboxylic acids is 1. The molecule has 0 aliphatic heterocycles. The topological polar surface area (TPSA) is 105 Å². The average molecular weight is 267 g/mol. The Kier molecular flexibility index (Phi) is 4.42. The van der Waals surface area contributed by atoms with E-state index in [0.717, 1.165) is 0 Å². The lowest BCUT2D eigenvalue weighted by Gasteiger charge is -2.26. The second kappa shape index (κ2) is 5.64. The normalized spacial score (nSPS) is 13.6. The van der Waals surface area contributed by atoms with Gasteiger partial charge in [0.05, 0.1) is 4.92 Å². The summed E-state index contributed by atoms with van der Waals surface area (Å²) in [5.41, 5.74) is -0.924. The van der Waals surface area contributed by atoms with Crippen LogP contribution >= 0.6 is 0 Å². The number of hydrogen-bond acceptors (Lipinski definition) is 5. The number of carboxylic acids is 1. The second-order valence-electron chi connectivity index (χ2n) is 4.59. The molecule has 0 amide bonds. The van der Waals surface area contributed by atoms with E-state index in [1.165, 1.54) is 19.1 Å². The Bertz CT molecular complexity index is 504. The number of carboxylic acid groups (broad SMARTS) is 1. The van der Waals surface area contributed by atoms with Crippen LogP contribution in [-0.4, -0.2) is 26.5 Å². The van der Waals surface area contributed by atoms with Crippen LogP contribution < -0.4 is 5.32 Å². The molecule has 0 aliphatic carbocycles. The van der Waals surface area contributed by atoms with Crippen molar-refractivity contribution in [3.05, 3.63) is 27.9 Å². The minimum Gasteiger partial charge on any atom is -0.480 e. The van der Waals surface area contributed by atoms with Gasteiger partial charge < -0.3 is 10.4 Å². The fourth-order valence-electron chi connectivity index (χ4n) is 1.77. The van der Waals surface area contributed by atoms with Crippen LogP contribution in [-0.2, 0) is 4.79 Å².